The third kappa shape index (κ3) is 5.66. The fraction of sp³-hybridized carbons (Fsp3) is 0.484. The number of nitriles is 1. The van der Waals surface area contributed by atoms with Crippen molar-refractivity contribution < 1.29 is 13.6 Å². The number of ether oxygens (including phenoxy) is 1. The number of hydrogen-bond donors (Lipinski definition) is 0. The predicted octanol–water partition coefficient (Wildman–Crippen LogP) is 7.56. The molecule has 4 aromatic heterocycles. The molecule has 1 aliphatic carbocycles. The van der Waals surface area contributed by atoms with Crippen LogP contribution in [0, 0.1) is 24.1 Å². The molecule has 216 valence electrons. The van der Waals surface area contributed by atoms with E-state index in [-0.39, 0.29) is 17.2 Å². The van der Waals surface area contributed by atoms with Crippen molar-refractivity contribution in [2.75, 3.05) is 0 Å². The molecule has 0 N–H and O–H groups in total. The Hall–Kier alpha value is -3.55. The van der Waals surface area contributed by atoms with Gasteiger partial charge in [-0.25, -0.2) is 8.91 Å². The first kappa shape index (κ1) is 29.0. The molecule has 3 atom stereocenters. The maximum atomic E-state index is 13.4. The van der Waals surface area contributed by atoms with Crippen molar-refractivity contribution in [3.05, 3.63) is 65.8 Å². The highest BCUT2D eigenvalue weighted by atomic mass is 28.4. The fourth-order valence-corrected chi connectivity index (χ4v) is 6.76. The van der Waals surface area contributed by atoms with Crippen LogP contribution >= 0.6 is 0 Å². The first-order valence-electron chi connectivity index (χ1n) is 14.3. The Bertz CT molecular complexity index is 1580. The summed E-state index contributed by atoms with van der Waals surface area (Å²) in [5.41, 5.74) is 4.46. The number of rotatable bonds is 7. The van der Waals surface area contributed by atoms with E-state index in [9.17, 15) is 9.65 Å². The van der Waals surface area contributed by atoms with Gasteiger partial charge in [0.1, 0.15) is 34.8 Å². The molecule has 5 rings (SSSR count). The Kier molecular flexibility index (Phi) is 7.79. The highest BCUT2D eigenvalue weighted by Crippen LogP contribution is 2.42. The summed E-state index contributed by atoms with van der Waals surface area (Å²) in [5, 5.41) is 19.2. The molecule has 0 bridgehead atoms. The minimum absolute atomic E-state index is 0.130. The average Bonchev–Trinajstić information content (AvgIpc) is 3.51. The Balaban J connectivity index is 1.51. The van der Waals surface area contributed by atoms with Crippen molar-refractivity contribution in [1.82, 2.24) is 24.4 Å². The number of nitrogens with zero attached hydrogens (tertiary/aromatic N) is 6. The molecule has 0 radical (unpaired) electrons. The summed E-state index contributed by atoms with van der Waals surface area (Å²) < 4.78 is 30.6. The van der Waals surface area contributed by atoms with Gasteiger partial charge in [0.05, 0.1) is 36.4 Å². The second kappa shape index (κ2) is 11.0. The van der Waals surface area contributed by atoms with Crippen LogP contribution in [0.5, 0.6) is 5.75 Å². The summed E-state index contributed by atoms with van der Waals surface area (Å²) in [6, 6.07) is 7.27. The zero-order valence-corrected chi connectivity index (χ0v) is 26.0. The van der Waals surface area contributed by atoms with Gasteiger partial charge in [0.2, 0.25) is 0 Å². The first-order valence-corrected chi connectivity index (χ1v) is 17.2. The van der Waals surface area contributed by atoms with E-state index in [4.69, 9.17) is 14.3 Å². The molecular formula is C31H39FN6O2Si. The average molecular weight is 575 g/mol. The standard InChI is InChI=1S/C31H39FN6O2Si/c1-20-25(18-36-38(20)27-10-8-9-11-28(27)40-41(6,7)31(3,4)5)22-14-29(30-23(15-33)16-35-37(30)19-22)39-21(2)26-13-12-24(32)17-34-26/h12-14,16-19,21,27-28H,8-11H2,1-7H3/t21-,27?,28-/m1/s1. The van der Waals surface area contributed by atoms with E-state index in [1.54, 1.807) is 10.6 Å². The van der Waals surface area contributed by atoms with Crippen molar-refractivity contribution >= 4 is 13.8 Å². The van der Waals surface area contributed by atoms with E-state index in [2.05, 4.69) is 61.6 Å². The van der Waals surface area contributed by atoms with Gasteiger partial charge in [0.25, 0.3) is 0 Å². The van der Waals surface area contributed by atoms with Crippen molar-refractivity contribution in [3.8, 4) is 22.9 Å². The Morgan fingerprint density at radius 2 is 1.88 bits per heavy atom. The van der Waals surface area contributed by atoms with Gasteiger partial charge in [-0.05, 0) is 63.0 Å². The van der Waals surface area contributed by atoms with E-state index in [1.165, 1.54) is 24.9 Å². The molecule has 4 aromatic rings. The molecule has 8 nitrogen and oxygen atoms in total. The Labute approximate surface area is 242 Å². The number of halogens is 1. The highest BCUT2D eigenvalue weighted by Gasteiger charge is 2.42. The summed E-state index contributed by atoms with van der Waals surface area (Å²) >= 11 is 0. The van der Waals surface area contributed by atoms with Gasteiger partial charge in [-0.2, -0.15) is 15.5 Å². The van der Waals surface area contributed by atoms with Crippen LogP contribution in [-0.4, -0.2) is 38.8 Å². The summed E-state index contributed by atoms with van der Waals surface area (Å²) in [7, 11) is -1.95. The molecule has 0 aromatic carbocycles. The predicted molar refractivity (Wildman–Crippen MR) is 159 cm³/mol. The molecule has 0 amide bonds. The summed E-state index contributed by atoms with van der Waals surface area (Å²) in [4.78, 5) is 4.17. The van der Waals surface area contributed by atoms with Gasteiger partial charge in [-0.3, -0.25) is 9.67 Å². The Morgan fingerprint density at radius 3 is 2.56 bits per heavy atom. The quantitative estimate of drug-likeness (QED) is 0.212. The van der Waals surface area contributed by atoms with Crippen molar-refractivity contribution in [2.45, 2.75) is 96.7 Å². The molecule has 1 aliphatic rings. The molecule has 41 heavy (non-hydrogen) atoms. The molecule has 10 heteroatoms. The van der Waals surface area contributed by atoms with Crippen LogP contribution in [0.2, 0.25) is 18.1 Å². The van der Waals surface area contributed by atoms with E-state index in [0.29, 0.717) is 22.5 Å². The van der Waals surface area contributed by atoms with Gasteiger partial charge in [-0.15, -0.1) is 0 Å². The molecule has 4 heterocycles. The van der Waals surface area contributed by atoms with E-state index < -0.39 is 20.2 Å². The number of hydrogen-bond acceptors (Lipinski definition) is 6. The lowest BCUT2D eigenvalue weighted by Crippen LogP contribution is -2.47. The van der Waals surface area contributed by atoms with Crippen molar-refractivity contribution in [2.24, 2.45) is 0 Å². The SMILES string of the molecule is Cc1c(-c2cc(O[C@H](C)c3ccc(F)cn3)c3c(C#N)cnn3c2)cnn1C1CCCC[C@H]1O[Si](C)(C)C(C)(C)C. The molecule has 1 fully saturated rings. The highest BCUT2D eigenvalue weighted by molar-refractivity contribution is 6.74. The van der Waals surface area contributed by atoms with Crippen LogP contribution in [0.25, 0.3) is 16.6 Å². The minimum atomic E-state index is -1.95. The summed E-state index contributed by atoms with van der Waals surface area (Å²) in [6.45, 7) is 15.4. The van der Waals surface area contributed by atoms with E-state index >= 15 is 0 Å². The fourth-order valence-electron chi connectivity index (χ4n) is 5.37. The summed E-state index contributed by atoms with van der Waals surface area (Å²) in [6.07, 6.45) is 10.6. The van der Waals surface area contributed by atoms with Crippen LogP contribution in [0.4, 0.5) is 4.39 Å². The molecule has 0 aliphatic heterocycles. The van der Waals surface area contributed by atoms with Gasteiger partial charge >= 0.3 is 0 Å². The topological polar surface area (TPSA) is 90.3 Å². The number of pyridine rings is 2. The first-order chi connectivity index (χ1) is 19.4. The van der Waals surface area contributed by atoms with Gasteiger partial charge in [-0.1, -0.05) is 33.6 Å². The maximum Gasteiger partial charge on any atom is 0.192 e. The zero-order valence-electron chi connectivity index (χ0n) is 25.0. The van der Waals surface area contributed by atoms with Gasteiger partial charge in [0, 0.05) is 23.0 Å². The number of fused-ring (bicyclic) bond motifs is 1. The van der Waals surface area contributed by atoms with Crippen LogP contribution in [0.1, 0.15) is 82.5 Å². The molecule has 1 saturated carbocycles. The minimum Gasteiger partial charge on any atom is -0.482 e. The lowest BCUT2D eigenvalue weighted by molar-refractivity contribution is 0.0772. The molecule has 0 saturated heterocycles. The van der Waals surface area contributed by atoms with Gasteiger partial charge in [0.15, 0.2) is 8.32 Å². The summed E-state index contributed by atoms with van der Waals surface area (Å²) in [5.74, 6) is 0.0921. The molecule has 1 unspecified atom stereocenters. The van der Waals surface area contributed by atoms with Crippen molar-refractivity contribution in [3.63, 3.8) is 0 Å². The Morgan fingerprint density at radius 1 is 1.12 bits per heavy atom. The largest absolute Gasteiger partial charge is 0.482 e. The normalized spacial score (nSPS) is 18.8. The maximum absolute atomic E-state index is 13.4. The van der Waals surface area contributed by atoms with E-state index in [0.717, 1.165) is 36.1 Å². The lowest BCUT2D eigenvalue weighted by atomic mass is 9.92. The third-order valence-electron chi connectivity index (χ3n) is 8.76. The van der Waals surface area contributed by atoms with Gasteiger partial charge < -0.3 is 9.16 Å². The van der Waals surface area contributed by atoms with Crippen LogP contribution in [0.15, 0.2) is 43.0 Å². The lowest BCUT2D eigenvalue weighted by Gasteiger charge is -2.43. The molecular weight excluding hydrogens is 535 g/mol. The third-order valence-corrected chi connectivity index (χ3v) is 13.3. The van der Waals surface area contributed by atoms with Crippen LogP contribution < -0.4 is 4.74 Å². The second-order valence-corrected chi connectivity index (χ2v) is 17.3. The van der Waals surface area contributed by atoms with E-state index in [1.807, 2.05) is 25.4 Å². The zero-order chi connectivity index (χ0) is 29.5. The van der Waals surface area contributed by atoms with Crippen LogP contribution in [-0.2, 0) is 4.43 Å². The second-order valence-electron chi connectivity index (χ2n) is 12.6. The monoisotopic (exact) mass is 574 g/mol. The number of aromatic nitrogens is 5. The van der Waals surface area contributed by atoms with Crippen molar-refractivity contribution in [1.29, 1.82) is 5.26 Å². The smallest absolute Gasteiger partial charge is 0.192 e. The molecule has 0 spiro atoms. The van der Waals surface area contributed by atoms with Crippen LogP contribution in [0.3, 0.4) is 0 Å².